The van der Waals surface area contributed by atoms with Crippen LogP contribution in [0.15, 0.2) is 42.0 Å². The van der Waals surface area contributed by atoms with Gasteiger partial charge < -0.3 is 14.7 Å². The molecule has 1 aliphatic rings. The van der Waals surface area contributed by atoms with E-state index in [0.29, 0.717) is 19.7 Å². The van der Waals surface area contributed by atoms with E-state index in [0.717, 1.165) is 28.4 Å². The minimum Gasteiger partial charge on any atom is -0.508 e. The van der Waals surface area contributed by atoms with Crippen LogP contribution in [0.1, 0.15) is 11.3 Å². The van der Waals surface area contributed by atoms with Gasteiger partial charge in [-0.2, -0.15) is 0 Å². The first-order valence-corrected chi connectivity index (χ1v) is 7.00. The van der Waals surface area contributed by atoms with Crippen molar-refractivity contribution in [2.75, 3.05) is 18.1 Å². The first-order valence-electron chi connectivity index (χ1n) is 7.00. The topological polar surface area (TPSA) is 58.0 Å². The summed E-state index contributed by atoms with van der Waals surface area (Å²) in [6, 6.07) is 7.11. The normalized spacial score (nSPS) is 13.2. The third-order valence-corrected chi connectivity index (χ3v) is 3.58. The molecule has 2 aromatic rings. The van der Waals surface area contributed by atoms with Crippen molar-refractivity contribution >= 4 is 24.2 Å². The van der Waals surface area contributed by atoms with Crippen LogP contribution in [0.2, 0.25) is 0 Å². The lowest BCUT2D eigenvalue weighted by Gasteiger charge is -2.31. The number of hydrogen-bond acceptors (Lipinski definition) is 5. The highest BCUT2D eigenvalue weighted by Gasteiger charge is 2.21. The number of nitrogens with zero attached hydrogens (tertiary/aromatic N) is 3. The van der Waals surface area contributed by atoms with Crippen LogP contribution in [0, 0.1) is 0 Å². The molecule has 22 heavy (non-hydrogen) atoms. The summed E-state index contributed by atoms with van der Waals surface area (Å²) in [6.07, 6.45) is 3.51. The Morgan fingerprint density at radius 3 is 3.05 bits per heavy atom. The molecule has 112 valence electrons. The second kappa shape index (κ2) is 5.89. The first kappa shape index (κ1) is 14.1. The summed E-state index contributed by atoms with van der Waals surface area (Å²) in [5, 5.41) is 9.74. The van der Waals surface area contributed by atoms with Crippen molar-refractivity contribution in [1.82, 2.24) is 4.98 Å². The van der Waals surface area contributed by atoms with Gasteiger partial charge in [0.05, 0.1) is 36.4 Å². The Morgan fingerprint density at radius 2 is 2.27 bits per heavy atom. The number of anilines is 2. The van der Waals surface area contributed by atoms with E-state index in [1.165, 1.54) is 0 Å². The van der Waals surface area contributed by atoms with Gasteiger partial charge in [0.25, 0.3) is 0 Å². The Labute approximate surface area is 129 Å². The van der Waals surface area contributed by atoms with E-state index >= 15 is 0 Å². The Hall–Kier alpha value is -2.82. The van der Waals surface area contributed by atoms with Crippen LogP contribution in [-0.2, 0) is 6.54 Å². The number of ether oxygens (including phenoxy) is 1. The lowest BCUT2D eigenvalue weighted by molar-refractivity contribution is 0.313. The molecule has 0 amide bonds. The third-order valence-electron chi connectivity index (χ3n) is 3.58. The Kier molecular flexibility index (Phi) is 3.78. The quantitative estimate of drug-likeness (QED) is 0.880. The molecule has 1 aliphatic heterocycles. The number of fused-ring (bicyclic) bond motifs is 1. The van der Waals surface area contributed by atoms with Gasteiger partial charge in [-0.3, -0.25) is 9.98 Å². The summed E-state index contributed by atoms with van der Waals surface area (Å²) >= 11 is 0. The second-order valence-corrected chi connectivity index (χ2v) is 4.98. The molecule has 1 N–H and O–H groups in total. The van der Waals surface area contributed by atoms with Gasteiger partial charge >= 0.3 is 0 Å². The zero-order valence-corrected chi connectivity index (χ0v) is 12.2. The van der Waals surface area contributed by atoms with Crippen molar-refractivity contribution in [3.05, 3.63) is 48.3 Å². The molecule has 0 radical (unpaired) electrons. The highest BCUT2D eigenvalue weighted by atomic mass is 16.5. The standard InChI is InChI=1S/C17H17N3O2/c1-3-15-12(10-18-2)8-13(11-19-15)20-6-7-22-17-5-4-14(21)9-16(17)20/h3-5,8-9,11,21H,1-2,6-7,10H2. The van der Waals surface area contributed by atoms with Crippen molar-refractivity contribution in [2.45, 2.75) is 6.54 Å². The molecule has 0 saturated carbocycles. The van der Waals surface area contributed by atoms with E-state index in [9.17, 15) is 5.11 Å². The molecule has 0 spiro atoms. The fourth-order valence-electron chi connectivity index (χ4n) is 2.56. The van der Waals surface area contributed by atoms with E-state index < -0.39 is 0 Å². The second-order valence-electron chi connectivity index (χ2n) is 4.98. The molecule has 1 aromatic heterocycles. The number of hydrogen-bond donors (Lipinski definition) is 1. The molecule has 5 heteroatoms. The molecule has 5 nitrogen and oxygen atoms in total. The Bertz CT molecular complexity index is 728. The van der Waals surface area contributed by atoms with Crippen LogP contribution in [0.4, 0.5) is 11.4 Å². The molecular formula is C17H17N3O2. The molecule has 0 bridgehead atoms. The van der Waals surface area contributed by atoms with Crippen molar-refractivity contribution < 1.29 is 9.84 Å². The van der Waals surface area contributed by atoms with Crippen LogP contribution >= 0.6 is 0 Å². The van der Waals surface area contributed by atoms with Crippen molar-refractivity contribution in [2.24, 2.45) is 4.99 Å². The molecule has 1 aromatic carbocycles. The summed E-state index contributed by atoms with van der Waals surface area (Å²) in [7, 11) is 0. The fourth-order valence-corrected chi connectivity index (χ4v) is 2.56. The number of aromatic nitrogens is 1. The molecule has 0 unspecified atom stereocenters. The van der Waals surface area contributed by atoms with E-state index in [2.05, 4.69) is 28.2 Å². The maximum atomic E-state index is 9.74. The van der Waals surface area contributed by atoms with Gasteiger partial charge in [-0.15, -0.1) is 0 Å². The zero-order chi connectivity index (χ0) is 15.5. The number of rotatable bonds is 4. The lowest BCUT2D eigenvalue weighted by Crippen LogP contribution is -2.28. The van der Waals surface area contributed by atoms with Crippen LogP contribution in [0.3, 0.4) is 0 Å². The highest BCUT2D eigenvalue weighted by Crippen LogP contribution is 2.38. The Balaban J connectivity index is 2.05. The van der Waals surface area contributed by atoms with Gasteiger partial charge in [-0.05, 0) is 31.0 Å². The van der Waals surface area contributed by atoms with E-state index in [4.69, 9.17) is 4.74 Å². The van der Waals surface area contributed by atoms with Crippen LogP contribution in [0.25, 0.3) is 6.08 Å². The van der Waals surface area contributed by atoms with Gasteiger partial charge in [0.1, 0.15) is 18.1 Å². The lowest BCUT2D eigenvalue weighted by atomic mass is 10.1. The molecule has 0 fully saturated rings. The predicted molar refractivity (Wildman–Crippen MR) is 88.2 cm³/mol. The molecule has 0 aliphatic carbocycles. The molecule has 2 heterocycles. The van der Waals surface area contributed by atoms with E-state index in [1.54, 1.807) is 30.5 Å². The minimum absolute atomic E-state index is 0.206. The molecular weight excluding hydrogens is 278 g/mol. The zero-order valence-electron chi connectivity index (χ0n) is 12.2. The average molecular weight is 295 g/mol. The van der Waals surface area contributed by atoms with Gasteiger partial charge in [-0.25, -0.2) is 0 Å². The van der Waals surface area contributed by atoms with E-state index in [1.807, 2.05) is 6.07 Å². The predicted octanol–water partition coefficient (Wildman–Crippen LogP) is 3.16. The number of aliphatic imine (C=N–C) groups is 1. The average Bonchev–Trinajstić information content (AvgIpc) is 2.54. The van der Waals surface area contributed by atoms with Crippen molar-refractivity contribution in [3.8, 4) is 11.5 Å². The third kappa shape index (κ3) is 2.53. The smallest absolute Gasteiger partial charge is 0.143 e. The summed E-state index contributed by atoms with van der Waals surface area (Å²) in [5.74, 6) is 0.957. The highest BCUT2D eigenvalue weighted by molar-refractivity contribution is 5.72. The Morgan fingerprint density at radius 1 is 1.41 bits per heavy atom. The molecule has 0 saturated heterocycles. The fraction of sp³-hybridized carbons (Fsp3) is 0.176. The number of phenolic OH excluding ortho intramolecular Hbond substituents is 1. The minimum atomic E-state index is 0.206. The first-order chi connectivity index (χ1) is 10.7. The maximum absolute atomic E-state index is 9.74. The number of phenols is 1. The van der Waals surface area contributed by atoms with Crippen molar-refractivity contribution in [1.29, 1.82) is 0 Å². The monoisotopic (exact) mass is 295 g/mol. The van der Waals surface area contributed by atoms with Gasteiger partial charge in [0.2, 0.25) is 0 Å². The number of aromatic hydroxyl groups is 1. The molecule has 0 atom stereocenters. The summed E-state index contributed by atoms with van der Waals surface area (Å²) in [6.45, 7) is 9.07. The maximum Gasteiger partial charge on any atom is 0.143 e. The van der Waals surface area contributed by atoms with Crippen LogP contribution in [0.5, 0.6) is 11.5 Å². The van der Waals surface area contributed by atoms with Crippen molar-refractivity contribution in [3.63, 3.8) is 0 Å². The SMILES string of the molecule is C=Cc1ncc(N2CCOc3ccc(O)cc32)cc1CN=C. The summed E-state index contributed by atoms with van der Waals surface area (Å²) < 4.78 is 5.63. The van der Waals surface area contributed by atoms with Crippen LogP contribution < -0.4 is 9.64 Å². The summed E-state index contributed by atoms with van der Waals surface area (Å²) in [5.41, 5.74) is 3.53. The largest absolute Gasteiger partial charge is 0.508 e. The van der Waals surface area contributed by atoms with E-state index in [-0.39, 0.29) is 5.75 Å². The number of pyridine rings is 1. The van der Waals surface area contributed by atoms with Gasteiger partial charge in [-0.1, -0.05) is 6.58 Å². The van der Waals surface area contributed by atoms with Gasteiger partial charge in [0.15, 0.2) is 0 Å². The summed E-state index contributed by atoms with van der Waals surface area (Å²) in [4.78, 5) is 10.4. The van der Waals surface area contributed by atoms with Gasteiger partial charge in [0, 0.05) is 11.6 Å². The molecule has 3 rings (SSSR count). The van der Waals surface area contributed by atoms with Crippen LogP contribution in [-0.4, -0.2) is 30.0 Å². The number of benzene rings is 1.